The quantitative estimate of drug-likeness (QED) is 0.136. The third kappa shape index (κ3) is 8.04. The molecule has 190 valence electrons. The lowest BCUT2D eigenvalue weighted by atomic mass is 9.91. The number of rotatable bonds is 17. The van der Waals surface area contributed by atoms with Gasteiger partial charge in [0.05, 0.1) is 27.4 Å². The molecule has 0 N–H and O–H groups in total. The van der Waals surface area contributed by atoms with Gasteiger partial charge in [0.15, 0.2) is 23.0 Å². The van der Waals surface area contributed by atoms with Gasteiger partial charge < -0.3 is 18.9 Å². The molecule has 2 rings (SSSR count). The molecular weight excluding hydrogens is 505 g/mol. The molecule has 0 radical (unpaired) electrons. The van der Waals surface area contributed by atoms with Crippen molar-refractivity contribution in [2.75, 3.05) is 50.4 Å². The first kappa shape index (κ1) is 29.3. The van der Waals surface area contributed by atoms with Crippen LogP contribution in [-0.4, -0.2) is 50.4 Å². The molecule has 0 heterocycles. The van der Waals surface area contributed by atoms with Crippen LogP contribution in [0.15, 0.2) is 24.3 Å². The number of para-hydroxylation sites is 1. The molecule has 0 atom stereocenters. The SMILES string of the molecule is COc1cccc(-c2cc(CCCS)c(CCCS)c(OC)c2OCCCS)c1OCCCS. The molecule has 8 heteroatoms. The Morgan fingerprint density at radius 3 is 1.85 bits per heavy atom. The molecule has 0 aliphatic carbocycles. The van der Waals surface area contributed by atoms with E-state index in [1.54, 1.807) is 14.2 Å². The summed E-state index contributed by atoms with van der Waals surface area (Å²) in [4.78, 5) is 0. The second-order valence-corrected chi connectivity index (χ2v) is 9.56. The van der Waals surface area contributed by atoms with Crippen molar-refractivity contribution in [3.63, 3.8) is 0 Å². The van der Waals surface area contributed by atoms with Gasteiger partial charge in [0.25, 0.3) is 0 Å². The van der Waals surface area contributed by atoms with Gasteiger partial charge in [0, 0.05) is 16.7 Å². The van der Waals surface area contributed by atoms with Crippen LogP contribution in [0.4, 0.5) is 0 Å². The standard InChI is InChI=1S/C26H38O4S4/c1-27-23-11-3-9-21(24(23)29-12-6-16-33)22-18-19(8-4-14-31)20(10-5-15-32)25(28-2)26(22)30-13-7-17-34/h3,9,11,18,31-34H,4-8,10,12-17H2,1-2H3. The Morgan fingerprint density at radius 1 is 0.647 bits per heavy atom. The molecule has 0 amide bonds. The van der Waals surface area contributed by atoms with Crippen molar-refractivity contribution < 1.29 is 18.9 Å². The van der Waals surface area contributed by atoms with Crippen molar-refractivity contribution in [2.45, 2.75) is 38.5 Å². The van der Waals surface area contributed by atoms with Crippen molar-refractivity contribution >= 4 is 50.5 Å². The largest absolute Gasteiger partial charge is 0.493 e. The fraction of sp³-hybridized carbons (Fsp3) is 0.538. The minimum atomic E-state index is 0.550. The Kier molecular flexibility index (Phi) is 14.3. The third-order valence-electron chi connectivity index (χ3n) is 5.41. The van der Waals surface area contributed by atoms with Crippen LogP contribution in [-0.2, 0) is 12.8 Å². The minimum Gasteiger partial charge on any atom is -0.493 e. The summed E-state index contributed by atoms with van der Waals surface area (Å²) in [5.74, 6) is 6.06. The number of aryl methyl sites for hydroxylation is 1. The van der Waals surface area contributed by atoms with E-state index in [4.69, 9.17) is 18.9 Å². The van der Waals surface area contributed by atoms with Crippen molar-refractivity contribution in [3.05, 3.63) is 35.4 Å². The molecule has 0 saturated carbocycles. The van der Waals surface area contributed by atoms with Crippen LogP contribution in [0.5, 0.6) is 23.0 Å². The van der Waals surface area contributed by atoms with Crippen molar-refractivity contribution in [1.82, 2.24) is 0 Å². The highest BCUT2D eigenvalue weighted by molar-refractivity contribution is 7.80. The van der Waals surface area contributed by atoms with Crippen LogP contribution >= 0.6 is 50.5 Å². The van der Waals surface area contributed by atoms with E-state index < -0.39 is 0 Å². The normalized spacial score (nSPS) is 10.9. The lowest BCUT2D eigenvalue weighted by molar-refractivity contribution is 0.291. The molecule has 4 nitrogen and oxygen atoms in total. The van der Waals surface area contributed by atoms with Crippen molar-refractivity contribution in [1.29, 1.82) is 0 Å². The Hall–Kier alpha value is -0.960. The first-order valence-corrected chi connectivity index (χ1v) is 14.3. The van der Waals surface area contributed by atoms with Gasteiger partial charge in [0.2, 0.25) is 0 Å². The van der Waals surface area contributed by atoms with Gasteiger partial charge in [0.1, 0.15) is 0 Å². The number of thiol groups is 4. The van der Waals surface area contributed by atoms with E-state index in [9.17, 15) is 0 Å². The molecule has 0 aromatic heterocycles. The van der Waals surface area contributed by atoms with E-state index in [-0.39, 0.29) is 0 Å². The van der Waals surface area contributed by atoms with E-state index in [1.807, 2.05) is 12.1 Å². The highest BCUT2D eigenvalue weighted by Gasteiger charge is 2.24. The van der Waals surface area contributed by atoms with Crippen LogP contribution in [0, 0.1) is 0 Å². The average Bonchev–Trinajstić information content (AvgIpc) is 2.86. The van der Waals surface area contributed by atoms with Crippen LogP contribution in [0.3, 0.4) is 0 Å². The summed E-state index contributed by atoms with van der Waals surface area (Å²) in [5.41, 5.74) is 4.29. The number of benzene rings is 2. The summed E-state index contributed by atoms with van der Waals surface area (Å²) < 4.78 is 24.3. The number of hydrogen-bond donors (Lipinski definition) is 4. The summed E-state index contributed by atoms with van der Waals surface area (Å²) in [5, 5.41) is 0. The summed E-state index contributed by atoms with van der Waals surface area (Å²) in [6, 6.07) is 8.18. The lowest BCUT2D eigenvalue weighted by Crippen LogP contribution is -2.08. The van der Waals surface area contributed by atoms with Gasteiger partial charge in [-0.3, -0.25) is 0 Å². The first-order chi connectivity index (χ1) is 16.7. The summed E-state index contributed by atoms with van der Waals surface area (Å²) >= 11 is 17.6. The molecule has 0 aliphatic rings. The highest BCUT2D eigenvalue weighted by atomic mass is 32.1. The zero-order valence-corrected chi connectivity index (χ0v) is 23.8. The van der Waals surface area contributed by atoms with Gasteiger partial charge in [-0.1, -0.05) is 12.1 Å². The fourth-order valence-electron chi connectivity index (χ4n) is 3.83. The van der Waals surface area contributed by atoms with Gasteiger partial charge in [-0.25, -0.2) is 0 Å². The summed E-state index contributed by atoms with van der Waals surface area (Å²) in [6.07, 6.45) is 5.39. The van der Waals surface area contributed by atoms with Crippen LogP contribution in [0.2, 0.25) is 0 Å². The molecule has 0 spiro atoms. The molecule has 0 saturated heterocycles. The van der Waals surface area contributed by atoms with Crippen molar-refractivity contribution in [2.24, 2.45) is 0 Å². The molecule has 0 bridgehead atoms. The van der Waals surface area contributed by atoms with Crippen LogP contribution in [0.1, 0.15) is 36.8 Å². The van der Waals surface area contributed by atoms with E-state index in [0.29, 0.717) is 24.7 Å². The maximum atomic E-state index is 6.37. The predicted molar refractivity (Wildman–Crippen MR) is 157 cm³/mol. The van der Waals surface area contributed by atoms with Gasteiger partial charge in [-0.05, 0) is 79.2 Å². The number of hydrogen-bond acceptors (Lipinski definition) is 8. The summed E-state index contributed by atoms with van der Waals surface area (Å²) in [6.45, 7) is 1.10. The Balaban J connectivity index is 2.76. The van der Waals surface area contributed by atoms with E-state index in [2.05, 4.69) is 62.6 Å². The van der Waals surface area contributed by atoms with Gasteiger partial charge >= 0.3 is 0 Å². The molecule has 0 fully saturated rings. The smallest absolute Gasteiger partial charge is 0.169 e. The van der Waals surface area contributed by atoms with Crippen molar-refractivity contribution in [3.8, 4) is 34.1 Å². The monoisotopic (exact) mass is 542 g/mol. The van der Waals surface area contributed by atoms with Crippen LogP contribution in [0.25, 0.3) is 11.1 Å². The Bertz CT molecular complexity index is 876. The molecule has 0 aliphatic heterocycles. The Labute approximate surface area is 227 Å². The zero-order chi connectivity index (χ0) is 24.8. The first-order valence-electron chi connectivity index (χ1n) is 11.8. The van der Waals surface area contributed by atoms with Gasteiger partial charge in [-0.15, -0.1) is 0 Å². The average molecular weight is 543 g/mol. The Morgan fingerprint density at radius 2 is 1.26 bits per heavy atom. The minimum absolute atomic E-state index is 0.550. The number of ether oxygens (including phenoxy) is 4. The maximum absolute atomic E-state index is 6.37. The second kappa shape index (κ2) is 16.7. The molecule has 2 aromatic rings. The van der Waals surface area contributed by atoms with E-state index >= 15 is 0 Å². The van der Waals surface area contributed by atoms with Crippen LogP contribution < -0.4 is 18.9 Å². The predicted octanol–water partition coefficient (Wildman–Crippen LogP) is 6.49. The zero-order valence-electron chi connectivity index (χ0n) is 20.2. The second-order valence-electron chi connectivity index (χ2n) is 7.77. The summed E-state index contributed by atoms with van der Waals surface area (Å²) in [7, 11) is 3.38. The van der Waals surface area contributed by atoms with E-state index in [1.165, 1.54) is 11.1 Å². The highest BCUT2D eigenvalue weighted by Crippen LogP contribution is 2.48. The third-order valence-corrected chi connectivity index (χ3v) is 6.68. The maximum Gasteiger partial charge on any atom is 0.169 e. The van der Waals surface area contributed by atoms with E-state index in [0.717, 1.165) is 84.2 Å². The fourth-order valence-corrected chi connectivity index (χ4v) is 4.40. The molecule has 0 unspecified atom stereocenters. The number of methoxy groups -OCH3 is 2. The molecule has 2 aromatic carbocycles. The topological polar surface area (TPSA) is 36.9 Å². The molecular formula is C26H38O4S4. The lowest BCUT2D eigenvalue weighted by Gasteiger charge is -2.23. The van der Waals surface area contributed by atoms with Gasteiger partial charge in [-0.2, -0.15) is 50.5 Å². The molecule has 34 heavy (non-hydrogen) atoms.